The second kappa shape index (κ2) is 5.83. The van der Waals surface area contributed by atoms with E-state index >= 15 is 0 Å². The molecule has 3 N–H and O–H groups in total. The number of nitrogens with two attached hydrogens (primary N) is 1. The predicted molar refractivity (Wildman–Crippen MR) is 64.8 cm³/mol. The fraction of sp³-hybridized carbons (Fsp3) is 0.455. The predicted octanol–water partition coefficient (Wildman–Crippen LogP) is 2.50. The number of hydrogen-bond acceptors (Lipinski definition) is 3. The lowest BCUT2D eigenvalue weighted by Gasteiger charge is -2.14. The van der Waals surface area contributed by atoms with Gasteiger partial charge in [0, 0.05) is 18.3 Å². The van der Waals surface area contributed by atoms with Gasteiger partial charge in [-0.2, -0.15) is 0 Å². The Morgan fingerprint density at radius 3 is 2.80 bits per heavy atom. The van der Waals surface area contributed by atoms with E-state index in [4.69, 9.17) is 22.1 Å². The first-order chi connectivity index (χ1) is 7.17. The van der Waals surface area contributed by atoms with Crippen LogP contribution in [0.3, 0.4) is 0 Å². The number of benzene rings is 1. The Bertz CT molecular complexity index is 317. The smallest absolute Gasteiger partial charge is 0.138 e. The third-order valence-corrected chi connectivity index (χ3v) is 2.29. The van der Waals surface area contributed by atoms with Crippen LogP contribution in [0.4, 0.5) is 5.69 Å². The molecule has 84 valence electrons. The molecule has 0 aliphatic carbocycles. The first-order valence-electron chi connectivity index (χ1n) is 5.06. The van der Waals surface area contributed by atoms with E-state index in [9.17, 15) is 0 Å². The van der Waals surface area contributed by atoms with Crippen LogP contribution in [0.25, 0.3) is 0 Å². The van der Waals surface area contributed by atoms with E-state index in [2.05, 4.69) is 5.32 Å². The maximum Gasteiger partial charge on any atom is 0.138 e. The lowest BCUT2D eigenvalue weighted by Crippen LogP contribution is -2.25. The lowest BCUT2D eigenvalue weighted by molar-refractivity contribution is 0.340. The summed E-state index contributed by atoms with van der Waals surface area (Å²) in [6.07, 6.45) is 0. The van der Waals surface area contributed by atoms with Crippen molar-refractivity contribution in [3.05, 3.63) is 23.2 Å². The molecule has 0 heterocycles. The average molecular weight is 229 g/mol. The highest BCUT2D eigenvalue weighted by Gasteiger charge is 2.04. The van der Waals surface area contributed by atoms with Crippen LogP contribution in [0.5, 0.6) is 5.75 Å². The summed E-state index contributed by atoms with van der Waals surface area (Å²) < 4.78 is 5.34. The molecule has 0 saturated heterocycles. The Morgan fingerprint density at radius 1 is 1.53 bits per heavy atom. The summed E-state index contributed by atoms with van der Waals surface area (Å²) in [5.74, 6) is 0.713. The van der Waals surface area contributed by atoms with Crippen molar-refractivity contribution in [2.75, 3.05) is 18.5 Å². The van der Waals surface area contributed by atoms with E-state index in [1.807, 2.05) is 32.0 Å². The number of halogens is 1. The fourth-order valence-electron chi connectivity index (χ4n) is 1.21. The minimum absolute atomic E-state index is 0.235. The topological polar surface area (TPSA) is 47.3 Å². The van der Waals surface area contributed by atoms with Crippen molar-refractivity contribution in [3.8, 4) is 5.75 Å². The molecule has 1 rings (SSSR count). The minimum Gasteiger partial charge on any atom is -0.492 e. The van der Waals surface area contributed by atoms with Crippen LogP contribution >= 0.6 is 11.6 Å². The molecular formula is C11H17ClN2O. The summed E-state index contributed by atoms with van der Waals surface area (Å²) >= 11 is 6.04. The normalized spacial score (nSPS) is 12.3. The van der Waals surface area contributed by atoms with Crippen molar-refractivity contribution in [1.82, 2.24) is 0 Å². The van der Waals surface area contributed by atoms with Gasteiger partial charge in [0.15, 0.2) is 0 Å². The maximum absolute atomic E-state index is 6.04. The van der Waals surface area contributed by atoms with Gasteiger partial charge in [0.2, 0.25) is 0 Å². The molecule has 0 aliphatic heterocycles. The van der Waals surface area contributed by atoms with Gasteiger partial charge in [0.25, 0.3) is 0 Å². The van der Waals surface area contributed by atoms with E-state index in [0.717, 1.165) is 5.69 Å². The van der Waals surface area contributed by atoms with E-state index < -0.39 is 0 Å². The summed E-state index contributed by atoms with van der Waals surface area (Å²) in [5, 5.41) is 3.85. The standard InChI is InChI=1S/C11H17ClN2O/c1-3-15-11-5-4-9(6-10(11)12)14-8(2)7-13/h4-6,8,14H,3,7,13H2,1-2H3. The molecule has 0 aromatic heterocycles. The molecule has 1 unspecified atom stereocenters. The van der Waals surface area contributed by atoms with Crippen LogP contribution in [-0.4, -0.2) is 19.2 Å². The minimum atomic E-state index is 0.235. The third kappa shape index (κ3) is 3.61. The molecular weight excluding hydrogens is 212 g/mol. The molecule has 15 heavy (non-hydrogen) atoms. The molecule has 0 bridgehead atoms. The van der Waals surface area contributed by atoms with E-state index in [0.29, 0.717) is 23.9 Å². The summed E-state index contributed by atoms with van der Waals surface area (Å²) in [7, 11) is 0. The molecule has 0 radical (unpaired) electrons. The second-order valence-electron chi connectivity index (χ2n) is 3.36. The van der Waals surface area contributed by atoms with Crippen molar-refractivity contribution in [3.63, 3.8) is 0 Å². The number of ether oxygens (including phenoxy) is 1. The molecule has 0 fully saturated rings. The highest BCUT2D eigenvalue weighted by molar-refractivity contribution is 6.32. The molecule has 0 saturated carbocycles. The fourth-order valence-corrected chi connectivity index (χ4v) is 1.44. The van der Waals surface area contributed by atoms with E-state index in [1.165, 1.54) is 0 Å². The van der Waals surface area contributed by atoms with Gasteiger partial charge in [-0.3, -0.25) is 0 Å². The Hall–Kier alpha value is -0.930. The molecule has 3 nitrogen and oxygen atoms in total. The monoisotopic (exact) mass is 228 g/mol. The lowest BCUT2D eigenvalue weighted by atomic mass is 10.2. The number of nitrogens with one attached hydrogen (secondary N) is 1. The van der Waals surface area contributed by atoms with E-state index in [1.54, 1.807) is 0 Å². The van der Waals surface area contributed by atoms with Gasteiger partial charge >= 0.3 is 0 Å². The van der Waals surface area contributed by atoms with Crippen molar-refractivity contribution in [2.24, 2.45) is 5.73 Å². The zero-order valence-corrected chi connectivity index (χ0v) is 9.84. The third-order valence-electron chi connectivity index (χ3n) is 2.00. The van der Waals surface area contributed by atoms with Gasteiger partial charge in [0.1, 0.15) is 5.75 Å². The Morgan fingerprint density at radius 2 is 2.27 bits per heavy atom. The number of anilines is 1. The summed E-state index contributed by atoms with van der Waals surface area (Å²) in [6, 6.07) is 5.87. The van der Waals surface area contributed by atoms with Gasteiger partial charge in [-0.1, -0.05) is 11.6 Å². The SMILES string of the molecule is CCOc1ccc(NC(C)CN)cc1Cl. The van der Waals surface area contributed by atoms with E-state index in [-0.39, 0.29) is 6.04 Å². The van der Waals surface area contributed by atoms with Crippen molar-refractivity contribution in [1.29, 1.82) is 0 Å². The van der Waals surface area contributed by atoms with Crippen molar-refractivity contribution in [2.45, 2.75) is 19.9 Å². The summed E-state index contributed by atoms with van der Waals surface area (Å²) in [6.45, 7) is 5.15. The zero-order chi connectivity index (χ0) is 11.3. The highest BCUT2D eigenvalue weighted by Crippen LogP contribution is 2.27. The van der Waals surface area contributed by atoms with Crippen LogP contribution in [-0.2, 0) is 0 Å². The highest BCUT2D eigenvalue weighted by atomic mass is 35.5. The zero-order valence-electron chi connectivity index (χ0n) is 9.09. The van der Waals surface area contributed by atoms with Gasteiger partial charge in [-0.15, -0.1) is 0 Å². The van der Waals surface area contributed by atoms with Crippen LogP contribution in [0, 0.1) is 0 Å². The van der Waals surface area contributed by atoms with Crippen molar-refractivity contribution < 1.29 is 4.74 Å². The van der Waals surface area contributed by atoms with Gasteiger partial charge < -0.3 is 15.8 Å². The molecule has 0 spiro atoms. The Labute approximate surface area is 95.6 Å². The molecule has 0 amide bonds. The van der Waals surface area contributed by atoms with Crippen LogP contribution < -0.4 is 15.8 Å². The molecule has 1 atom stereocenters. The molecule has 0 aliphatic rings. The number of rotatable bonds is 5. The first kappa shape index (κ1) is 12.1. The molecule has 1 aromatic rings. The summed E-state index contributed by atoms with van der Waals surface area (Å²) in [5.41, 5.74) is 6.47. The Kier molecular flexibility index (Phi) is 4.72. The van der Waals surface area contributed by atoms with Gasteiger partial charge in [0.05, 0.1) is 11.6 Å². The van der Waals surface area contributed by atoms with Crippen LogP contribution in [0.1, 0.15) is 13.8 Å². The number of hydrogen-bond donors (Lipinski definition) is 2. The molecule has 1 aromatic carbocycles. The Balaban J connectivity index is 2.73. The van der Waals surface area contributed by atoms with Crippen LogP contribution in [0.2, 0.25) is 5.02 Å². The second-order valence-corrected chi connectivity index (χ2v) is 3.77. The maximum atomic E-state index is 6.04. The summed E-state index contributed by atoms with van der Waals surface area (Å²) in [4.78, 5) is 0. The molecule has 4 heteroatoms. The van der Waals surface area contributed by atoms with Gasteiger partial charge in [-0.05, 0) is 32.0 Å². The van der Waals surface area contributed by atoms with Crippen LogP contribution in [0.15, 0.2) is 18.2 Å². The largest absolute Gasteiger partial charge is 0.492 e. The van der Waals surface area contributed by atoms with Gasteiger partial charge in [-0.25, -0.2) is 0 Å². The quantitative estimate of drug-likeness (QED) is 0.814. The van der Waals surface area contributed by atoms with Crippen molar-refractivity contribution >= 4 is 17.3 Å². The average Bonchev–Trinajstić information content (AvgIpc) is 2.22. The first-order valence-corrected chi connectivity index (χ1v) is 5.44.